The van der Waals surface area contributed by atoms with Crippen LogP contribution in [-0.4, -0.2) is 25.5 Å². The molecule has 6 heteroatoms. The fourth-order valence-corrected chi connectivity index (χ4v) is 3.26. The lowest BCUT2D eigenvalue weighted by Crippen LogP contribution is -2.36. The zero-order chi connectivity index (χ0) is 20.6. The van der Waals surface area contributed by atoms with Crippen molar-refractivity contribution in [3.8, 4) is 16.9 Å². The number of carbonyl (C=O) groups is 2. The molecule has 3 rings (SSSR count). The van der Waals surface area contributed by atoms with E-state index in [9.17, 15) is 9.59 Å². The molecule has 0 saturated carbocycles. The summed E-state index contributed by atoms with van der Waals surface area (Å²) in [5.41, 5.74) is 3.47. The first-order valence-electron chi connectivity index (χ1n) is 9.09. The lowest BCUT2D eigenvalue weighted by Gasteiger charge is -2.11. The Labute approximate surface area is 178 Å². The summed E-state index contributed by atoms with van der Waals surface area (Å²) in [5, 5.41) is 5.43. The summed E-state index contributed by atoms with van der Waals surface area (Å²) in [6.45, 7) is 0.207. The first-order valence-corrected chi connectivity index (χ1v) is 9.89. The van der Waals surface area contributed by atoms with Gasteiger partial charge in [0, 0.05) is 22.1 Å². The average molecular weight is 453 g/mol. The summed E-state index contributed by atoms with van der Waals surface area (Å²) in [4.78, 5) is 24.4. The normalized spacial score (nSPS) is 10.3. The van der Waals surface area contributed by atoms with Crippen LogP contribution in [0.5, 0.6) is 5.75 Å². The van der Waals surface area contributed by atoms with Crippen molar-refractivity contribution in [1.29, 1.82) is 0 Å². The Morgan fingerprint density at radius 2 is 1.59 bits per heavy atom. The highest BCUT2D eigenvalue weighted by molar-refractivity contribution is 9.10. The Hall–Kier alpha value is -3.12. The number of hydrogen-bond acceptors (Lipinski definition) is 3. The van der Waals surface area contributed by atoms with E-state index < -0.39 is 0 Å². The van der Waals surface area contributed by atoms with E-state index >= 15 is 0 Å². The number of carbonyl (C=O) groups excluding carboxylic acids is 2. The molecule has 0 atom stereocenters. The van der Waals surface area contributed by atoms with Crippen molar-refractivity contribution in [2.24, 2.45) is 0 Å². The predicted octanol–water partition coefficient (Wildman–Crippen LogP) is 4.17. The van der Waals surface area contributed by atoms with Crippen LogP contribution in [0.15, 0.2) is 77.3 Å². The minimum Gasteiger partial charge on any atom is -0.496 e. The van der Waals surface area contributed by atoms with Crippen molar-refractivity contribution in [2.75, 3.05) is 13.7 Å². The molecule has 0 aliphatic carbocycles. The fourth-order valence-electron chi connectivity index (χ4n) is 2.85. The molecule has 0 unspecified atom stereocenters. The van der Waals surface area contributed by atoms with Crippen molar-refractivity contribution in [3.63, 3.8) is 0 Å². The quantitative estimate of drug-likeness (QED) is 0.565. The lowest BCUT2D eigenvalue weighted by atomic mass is 10.0. The monoisotopic (exact) mass is 452 g/mol. The Kier molecular flexibility index (Phi) is 7.03. The van der Waals surface area contributed by atoms with Gasteiger partial charge in [0.25, 0.3) is 5.91 Å². The van der Waals surface area contributed by atoms with E-state index in [0.717, 1.165) is 21.2 Å². The molecule has 0 fully saturated rings. The summed E-state index contributed by atoms with van der Waals surface area (Å²) < 4.78 is 6.19. The van der Waals surface area contributed by atoms with E-state index in [1.807, 2.05) is 60.7 Å². The van der Waals surface area contributed by atoms with Crippen LogP contribution in [0.1, 0.15) is 15.9 Å². The third-order valence-electron chi connectivity index (χ3n) is 4.38. The molecule has 0 aliphatic rings. The van der Waals surface area contributed by atoms with Gasteiger partial charge in [-0.3, -0.25) is 9.59 Å². The van der Waals surface area contributed by atoms with Gasteiger partial charge in [-0.25, -0.2) is 0 Å². The van der Waals surface area contributed by atoms with Gasteiger partial charge in [-0.2, -0.15) is 0 Å². The SMILES string of the molecule is COc1ccc(Br)cc1CNC(=O)CNC(=O)c1ccc(-c2ccccc2)cc1. The van der Waals surface area contributed by atoms with Crippen molar-refractivity contribution in [3.05, 3.63) is 88.4 Å². The van der Waals surface area contributed by atoms with Gasteiger partial charge in [-0.1, -0.05) is 58.4 Å². The lowest BCUT2D eigenvalue weighted by molar-refractivity contribution is -0.120. The third-order valence-corrected chi connectivity index (χ3v) is 4.88. The summed E-state index contributed by atoms with van der Waals surface area (Å²) in [7, 11) is 1.58. The second kappa shape index (κ2) is 9.89. The minimum atomic E-state index is -0.292. The summed E-state index contributed by atoms with van der Waals surface area (Å²) in [6.07, 6.45) is 0. The highest BCUT2D eigenvalue weighted by atomic mass is 79.9. The van der Waals surface area contributed by atoms with E-state index in [2.05, 4.69) is 26.6 Å². The Balaban J connectivity index is 1.51. The number of methoxy groups -OCH3 is 1. The van der Waals surface area contributed by atoms with Gasteiger partial charge in [0.1, 0.15) is 5.75 Å². The van der Waals surface area contributed by atoms with Crippen molar-refractivity contribution >= 4 is 27.7 Å². The number of hydrogen-bond donors (Lipinski definition) is 2. The smallest absolute Gasteiger partial charge is 0.251 e. The number of halogens is 1. The number of benzene rings is 3. The van der Waals surface area contributed by atoms with E-state index in [0.29, 0.717) is 17.9 Å². The molecule has 2 amide bonds. The zero-order valence-electron chi connectivity index (χ0n) is 15.9. The molecule has 3 aromatic carbocycles. The maximum Gasteiger partial charge on any atom is 0.251 e. The van der Waals surface area contributed by atoms with E-state index in [4.69, 9.17) is 4.74 Å². The van der Waals surface area contributed by atoms with Crippen LogP contribution in [0.2, 0.25) is 0 Å². The predicted molar refractivity (Wildman–Crippen MR) is 117 cm³/mol. The second-order valence-corrected chi connectivity index (χ2v) is 7.27. The van der Waals surface area contributed by atoms with Crippen LogP contribution in [0, 0.1) is 0 Å². The molecule has 0 spiro atoms. The van der Waals surface area contributed by atoms with Gasteiger partial charge >= 0.3 is 0 Å². The number of ether oxygens (including phenoxy) is 1. The highest BCUT2D eigenvalue weighted by Gasteiger charge is 2.10. The van der Waals surface area contributed by atoms with Crippen LogP contribution in [0.3, 0.4) is 0 Å². The van der Waals surface area contributed by atoms with Gasteiger partial charge in [0.05, 0.1) is 13.7 Å². The Morgan fingerprint density at radius 3 is 2.28 bits per heavy atom. The van der Waals surface area contributed by atoms with Crippen LogP contribution < -0.4 is 15.4 Å². The first kappa shape index (κ1) is 20.6. The van der Waals surface area contributed by atoms with Crippen LogP contribution >= 0.6 is 15.9 Å². The van der Waals surface area contributed by atoms with E-state index in [-0.39, 0.29) is 18.4 Å². The molecule has 3 aromatic rings. The zero-order valence-corrected chi connectivity index (χ0v) is 17.5. The van der Waals surface area contributed by atoms with Gasteiger partial charge in [0.15, 0.2) is 0 Å². The summed E-state index contributed by atoms with van der Waals surface area (Å²) >= 11 is 3.40. The second-order valence-electron chi connectivity index (χ2n) is 6.36. The van der Waals surface area contributed by atoms with Crippen LogP contribution in [-0.2, 0) is 11.3 Å². The van der Waals surface area contributed by atoms with Gasteiger partial charge < -0.3 is 15.4 Å². The maximum atomic E-state index is 12.3. The molecule has 5 nitrogen and oxygen atoms in total. The molecule has 0 saturated heterocycles. The number of rotatable bonds is 7. The molecule has 2 N–H and O–H groups in total. The summed E-state index contributed by atoms with van der Waals surface area (Å²) in [5.74, 6) is 0.122. The number of nitrogens with one attached hydrogen (secondary N) is 2. The highest BCUT2D eigenvalue weighted by Crippen LogP contribution is 2.22. The molecule has 0 heterocycles. The van der Waals surface area contributed by atoms with Crippen molar-refractivity contribution < 1.29 is 14.3 Å². The van der Waals surface area contributed by atoms with E-state index in [1.165, 1.54) is 0 Å². The minimum absolute atomic E-state index is 0.102. The van der Waals surface area contributed by atoms with Gasteiger partial charge in [-0.05, 0) is 41.5 Å². The molecule has 148 valence electrons. The summed E-state index contributed by atoms with van der Waals surface area (Å²) in [6, 6.07) is 22.8. The van der Waals surface area contributed by atoms with Crippen molar-refractivity contribution in [2.45, 2.75) is 6.54 Å². The molecule has 0 radical (unpaired) electrons. The Bertz CT molecular complexity index is 989. The van der Waals surface area contributed by atoms with Gasteiger partial charge in [-0.15, -0.1) is 0 Å². The van der Waals surface area contributed by atoms with Crippen LogP contribution in [0.4, 0.5) is 0 Å². The molecule has 0 aliphatic heterocycles. The maximum absolute atomic E-state index is 12.3. The van der Waals surface area contributed by atoms with Gasteiger partial charge in [0.2, 0.25) is 5.91 Å². The molecular formula is C23H21BrN2O3. The van der Waals surface area contributed by atoms with E-state index in [1.54, 1.807) is 19.2 Å². The third kappa shape index (κ3) is 5.68. The Morgan fingerprint density at radius 1 is 0.897 bits per heavy atom. The fraction of sp³-hybridized carbons (Fsp3) is 0.130. The molecular weight excluding hydrogens is 432 g/mol. The molecule has 29 heavy (non-hydrogen) atoms. The van der Waals surface area contributed by atoms with Crippen molar-refractivity contribution in [1.82, 2.24) is 10.6 Å². The largest absolute Gasteiger partial charge is 0.496 e. The standard InChI is InChI=1S/C23H21BrN2O3/c1-29-21-12-11-20(24)13-19(21)14-25-22(27)15-26-23(28)18-9-7-17(8-10-18)16-5-3-2-4-6-16/h2-13H,14-15H2,1H3,(H,25,27)(H,26,28). The average Bonchev–Trinajstić information content (AvgIpc) is 2.77. The topological polar surface area (TPSA) is 67.4 Å². The molecule has 0 aromatic heterocycles. The molecule has 0 bridgehead atoms. The first-order chi connectivity index (χ1) is 14.1. The van der Waals surface area contributed by atoms with Crippen LogP contribution in [0.25, 0.3) is 11.1 Å². The number of amides is 2.